The van der Waals surface area contributed by atoms with Crippen molar-refractivity contribution in [1.82, 2.24) is 15.1 Å². The Bertz CT molecular complexity index is 967. The standard InChI is InChI=1S/C19H19ClFN3O3/c1-11(15-9-22-24(3)12(15)2)23-19(25)18-7-5-14(27-18)10-26-17-6-4-13(21)8-16(17)20/h4-9,11H,10H2,1-3H3,(H,23,25). The molecule has 1 amide bonds. The van der Waals surface area contributed by atoms with E-state index in [1.54, 1.807) is 23.0 Å². The average molecular weight is 392 g/mol. The first-order chi connectivity index (χ1) is 12.8. The highest BCUT2D eigenvalue weighted by molar-refractivity contribution is 6.32. The van der Waals surface area contributed by atoms with E-state index in [4.69, 9.17) is 20.8 Å². The van der Waals surface area contributed by atoms with Crippen molar-refractivity contribution in [2.45, 2.75) is 26.5 Å². The van der Waals surface area contributed by atoms with Crippen LogP contribution in [-0.2, 0) is 13.7 Å². The number of amides is 1. The molecule has 27 heavy (non-hydrogen) atoms. The molecule has 0 aliphatic rings. The van der Waals surface area contributed by atoms with Crippen LogP contribution in [0, 0.1) is 12.7 Å². The summed E-state index contributed by atoms with van der Waals surface area (Å²) in [5, 5.41) is 7.22. The van der Waals surface area contributed by atoms with Crippen molar-refractivity contribution in [3.8, 4) is 5.75 Å². The fourth-order valence-corrected chi connectivity index (χ4v) is 2.83. The summed E-state index contributed by atoms with van der Waals surface area (Å²) in [6.45, 7) is 3.88. The number of nitrogens with zero attached hydrogens (tertiary/aromatic N) is 2. The molecule has 142 valence electrons. The monoisotopic (exact) mass is 391 g/mol. The number of halogens is 2. The topological polar surface area (TPSA) is 69.3 Å². The van der Waals surface area contributed by atoms with Crippen LogP contribution in [0.5, 0.6) is 5.75 Å². The summed E-state index contributed by atoms with van der Waals surface area (Å²) < 4.78 is 25.8. The van der Waals surface area contributed by atoms with Crippen LogP contribution in [0.2, 0.25) is 5.02 Å². The number of aromatic nitrogens is 2. The van der Waals surface area contributed by atoms with Gasteiger partial charge in [-0.1, -0.05) is 11.6 Å². The van der Waals surface area contributed by atoms with E-state index in [1.807, 2.05) is 20.9 Å². The molecule has 1 atom stereocenters. The van der Waals surface area contributed by atoms with Crippen LogP contribution in [-0.4, -0.2) is 15.7 Å². The maximum atomic E-state index is 13.0. The Kier molecular flexibility index (Phi) is 5.51. The van der Waals surface area contributed by atoms with Crippen molar-refractivity contribution < 1.29 is 18.3 Å². The van der Waals surface area contributed by atoms with Crippen LogP contribution in [0.15, 0.2) is 40.9 Å². The highest BCUT2D eigenvalue weighted by Crippen LogP contribution is 2.26. The molecule has 3 rings (SSSR count). The summed E-state index contributed by atoms with van der Waals surface area (Å²) >= 11 is 5.91. The lowest BCUT2D eigenvalue weighted by Gasteiger charge is -2.12. The molecule has 0 saturated carbocycles. The van der Waals surface area contributed by atoms with Gasteiger partial charge in [0.15, 0.2) is 5.76 Å². The lowest BCUT2D eigenvalue weighted by molar-refractivity contribution is 0.0907. The van der Waals surface area contributed by atoms with Gasteiger partial charge in [-0.3, -0.25) is 9.48 Å². The SMILES string of the molecule is Cc1c(C(C)NC(=O)c2ccc(COc3ccc(F)cc3Cl)o2)cnn1C. The van der Waals surface area contributed by atoms with E-state index in [-0.39, 0.29) is 29.3 Å². The zero-order valence-electron chi connectivity index (χ0n) is 15.1. The molecule has 0 aliphatic carbocycles. The van der Waals surface area contributed by atoms with Crippen molar-refractivity contribution in [2.24, 2.45) is 7.05 Å². The number of aryl methyl sites for hydroxylation is 1. The molecule has 0 saturated heterocycles. The number of rotatable bonds is 6. The summed E-state index contributed by atoms with van der Waals surface area (Å²) in [5.41, 5.74) is 1.92. The Morgan fingerprint density at radius 2 is 2.19 bits per heavy atom. The van der Waals surface area contributed by atoms with Gasteiger partial charge < -0.3 is 14.5 Å². The maximum absolute atomic E-state index is 13.0. The number of hydrogen-bond acceptors (Lipinski definition) is 4. The van der Waals surface area contributed by atoms with Gasteiger partial charge in [0, 0.05) is 18.3 Å². The largest absolute Gasteiger partial charge is 0.484 e. The Morgan fingerprint density at radius 1 is 1.41 bits per heavy atom. The second kappa shape index (κ2) is 7.84. The minimum Gasteiger partial charge on any atom is -0.484 e. The fourth-order valence-electron chi connectivity index (χ4n) is 2.60. The molecule has 1 N–H and O–H groups in total. The smallest absolute Gasteiger partial charge is 0.287 e. The van der Waals surface area contributed by atoms with Gasteiger partial charge in [0.05, 0.1) is 17.3 Å². The van der Waals surface area contributed by atoms with Gasteiger partial charge in [-0.25, -0.2) is 4.39 Å². The Balaban J connectivity index is 1.61. The summed E-state index contributed by atoms with van der Waals surface area (Å²) in [7, 11) is 1.85. The zero-order chi connectivity index (χ0) is 19.6. The van der Waals surface area contributed by atoms with Crippen LogP contribution >= 0.6 is 11.6 Å². The molecule has 1 aromatic carbocycles. The third-order valence-corrected chi connectivity index (χ3v) is 4.53. The van der Waals surface area contributed by atoms with E-state index in [1.165, 1.54) is 18.2 Å². The van der Waals surface area contributed by atoms with Gasteiger partial charge in [0.1, 0.15) is 23.9 Å². The van der Waals surface area contributed by atoms with Gasteiger partial charge in [-0.2, -0.15) is 5.10 Å². The van der Waals surface area contributed by atoms with E-state index < -0.39 is 5.82 Å². The molecule has 6 nitrogen and oxygen atoms in total. The summed E-state index contributed by atoms with van der Waals surface area (Å²) in [6, 6.07) is 6.86. The van der Waals surface area contributed by atoms with E-state index in [0.717, 1.165) is 11.3 Å². The predicted octanol–water partition coefficient (Wildman–Crippen LogP) is 4.18. The third kappa shape index (κ3) is 4.31. The van der Waals surface area contributed by atoms with Gasteiger partial charge in [0.2, 0.25) is 0 Å². The van der Waals surface area contributed by atoms with Gasteiger partial charge in [0.25, 0.3) is 5.91 Å². The Morgan fingerprint density at radius 3 is 2.85 bits per heavy atom. The number of nitrogens with one attached hydrogen (secondary N) is 1. The summed E-state index contributed by atoms with van der Waals surface area (Å²) in [5.74, 6) is 0.179. The fraction of sp³-hybridized carbons (Fsp3) is 0.263. The van der Waals surface area contributed by atoms with Crippen LogP contribution < -0.4 is 10.1 Å². The number of carbonyl (C=O) groups is 1. The van der Waals surface area contributed by atoms with Crippen molar-refractivity contribution in [3.05, 3.63) is 70.1 Å². The third-order valence-electron chi connectivity index (χ3n) is 4.24. The van der Waals surface area contributed by atoms with Gasteiger partial charge in [-0.05, 0) is 44.2 Å². The maximum Gasteiger partial charge on any atom is 0.287 e. The van der Waals surface area contributed by atoms with Crippen LogP contribution in [0.4, 0.5) is 4.39 Å². The van der Waals surface area contributed by atoms with E-state index >= 15 is 0 Å². The van der Waals surface area contributed by atoms with Crippen molar-refractivity contribution in [3.63, 3.8) is 0 Å². The Hall–Kier alpha value is -2.80. The molecular weight excluding hydrogens is 373 g/mol. The molecule has 2 aromatic heterocycles. The molecule has 0 spiro atoms. The molecule has 1 unspecified atom stereocenters. The zero-order valence-corrected chi connectivity index (χ0v) is 15.9. The molecule has 2 heterocycles. The van der Waals surface area contributed by atoms with E-state index in [9.17, 15) is 9.18 Å². The van der Waals surface area contributed by atoms with Crippen molar-refractivity contribution >= 4 is 17.5 Å². The molecule has 0 fully saturated rings. The first-order valence-electron chi connectivity index (χ1n) is 8.31. The normalized spacial score (nSPS) is 12.0. The molecule has 8 heteroatoms. The highest BCUT2D eigenvalue weighted by atomic mass is 35.5. The second-order valence-corrected chi connectivity index (χ2v) is 6.54. The number of ether oxygens (including phenoxy) is 1. The summed E-state index contributed by atoms with van der Waals surface area (Å²) in [6.07, 6.45) is 1.73. The predicted molar refractivity (Wildman–Crippen MR) is 98.3 cm³/mol. The van der Waals surface area contributed by atoms with Crippen LogP contribution in [0.3, 0.4) is 0 Å². The molecular formula is C19H19ClFN3O3. The number of benzene rings is 1. The van der Waals surface area contributed by atoms with Crippen molar-refractivity contribution in [2.75, 3.05) is 0 Å². The van der Waals surface area contributed by atoms with Crippen molar-refractivity contribution in [1.29, 1.82) is 0 Å². The number of furan rings is 1. The highest BCUT2D eigenvalue weighted by Gasteiger charge is 2.18. The minimum absolute atomic E-state index is 0.0654. The minimum atomic E-state index is -0.442. The Labute approximate surface area is 160 Å². The lowest BCUT2D eigenvalue weighted by atomic mass is 10.1. The lowest BCUT2D eigenvalue weighted by Crippen LogP contribution is -2.26. The van der Waals surface area contributed by atoms with E-state index in [0.29, 0.717) is 11.5 Å². The first kappa shape index (κ1) is 19.0. The van der Waals surface area contributed by atoms with Gasteiger partial charge >= 0.3 is 0 Å². The number of hydrogen-bond donors (Lipinski definition) is 1. The average Bonchev–Trinajstić information content (AvgIpc) is 3.22. The molecule has 3 aromatic rings. The van der Waals surface area contributed by atoms with Gasteiger partial charge in [-0.15, -0.1) is 0 Å². The molecule has 0 radical (unpaired) electrons. The quantitative estimate of drug-likeness (QED) is 0.684. The van der Waals surface area contributed by atoms with Crippen LogP contribution in [0.1, 0.15) is 40.5 Å². The summed E-state index contributed by atoms with van der Waals surface area (Å²) in [4.78, 5) is 12.4. The first-order valence-corrected chi connectivity index (χ1v) is 8.69. The second-order valence-electron chi connectivity index (χ2n) is 6.13. The molecule has 0 bridgehead atoms. The van der Waals surface area contributed by atoms with E-state index in [2.05, 4.69) is 10.4 Å². The van der Waals surface area contributed by atoms with Crippen LogP contribution in [0.25, 0.3) is 0 Å². The number of carbonyl (C=O) groups excluding carboxylic acids is 1. The molecule has 0 aliphatic heterocycles.